The van der Waals surface area contributed by atoms with Crippen molar-refractivity contribution in [2.75, 3.05) is 0 Å². The quantitative estimate of drug-likeness (QED) is 0.781. The number of sulfonamides is 1. The van der Waals surface area contributed by atoms with Crippen molar-refractivity contribution in [2.24, 2.45) is 5.73 Å². The molecule has 0 bridgehead atoms. The molecule has 0 unspecified atom stereocenters. The van der Waals surface area contributed by atoms with E-state index in [4.69, 9.17) is 18.0 Å². The molecule has 0 amide bonds. The molecule has 1 aromatic heterocycles. The Hall–Kier alpha value is -1.35. The third-order valence-electron chi connectivity index (χ3n) is 2.74. The van der Waals surface area contributed by atoms with Crippen LogP contribution in [0.3, 0.4) is 0 Å². The number of aryl methyl sites for hydroxylation is 1. The number of hydrogen-bond acceptors (Lipinski definition) is 5. The third kappa shape index (κ3) is 4.57. The maximum absolute atomic E-state index is 12.1. The molecule has 0 fully saturated rings. The van der Waals surface area contributed by atoms with Gasteiger partial charge in [-0.15, -0.1) is 11.3 Å². The normalized spacial score (nSPS) is 11.5. The Morgan fingerprint density at radius 2 is 2.14 bits per heavy atom. The fourth-order valence-corrected chi connectivity index (χ4v) is 3.93. The van der Waals surface area contributed by atoms with Crippen LogP contribution in [0, 0.1) is 6.92 Å². The Morgan fingerprint density at radius 3 is 2.76 bits per heavy atom. The number of benzene rings is 1. The number of nitrogens with one attached hydrogen (secondary N) is 1. The predicted octanol–water partition coefficient (Wildman–Crippen LogP) is 1.71. The van der Waals surface area contributed by atoms with Crippen LogP contribution in [0.1, 0.15) is 21.0 Å². The Labute approximate surface area is 133 Å². The lowest BCUT2D eigenvalue weighted by atomic mass is 10.1. The molecule has 3 N–H and O–H groups in total. The lowest BCUT2D eigenvalue weighted by Gasteiger charge is -2.09. The van der Waals surface area contributed by atoms with E-state index in [9.17, 15) is 8.42 Å². The molecule has 1 heterocycles. The first-order valence-electron chi connectivity index (χ1n) is 6.14. The highest BCUT2D eigenvalue weighted by molar-refractivity contribution is 7.88. The minimum atomic E-state index is -3.48. The van der Waals surface area contributed by atoms with Gasteiger partial charge in [-0.1, -0.05) is 36.5 Å². The summed E-state index contributed by atoms with van der Waals surface area (Å²) in [5.74, 6) is -0.162. The molecule has 0 atom stereocenters. The van der Waals surface area contributed by atoms with Crippen LogP contribution < -0.4 is 10.5 Å². The summed E-state index contributed by atoms with van der Waals surface area (Å²) >= 11 is 6.40. The highest BCUT2D eigenvalue weighted by atomic mass is 32.2. The molecule has 8 heteroatoms. The SMILES string of the molecule is Cc1cnc(CNS(=O)(=O)Cc2ccccc2C(N)=S)s1. The molecule has 112 valence electrons. The van der Waals surface area contributed by atoms with Gasteiger partial charge in [0.1, 0.15) is 10.00 Å². The fourth-order valence-electron chi connectivity index (χ4n) is 1.80. The number of thiazole rings is 1. The van der Waals surface area contributed by atoms with Gasteiger partial charge in [0.05, 0.1) is 12.3 Å². The summed E-state index contributed by atoms with van der Waals surface area (Å²) in [4.78, 5) is 5.36. The number of aromatic nitrogens is 1. The van der Waals surface area contributed by atoms with Crippen LogP contribution in [0.15, 0.2) is 30.5 Å². The van der Waals surface area contributed by atoms with Crippen molar-refractivity contribution in [3.05, 3.63) is 51.5 Å². The van der Waals surface area contributed by atoms with Gasteiger partial charge in [-0.3, -0.25) is 0 Å². The Kier molecular flexibility index (Phi) is 5.04. The van der Waals surface area contributed by atoms with Crippen LogP contribution >= 0.6 is 23.6 Å². The molecule has 0 radical (unpaired) electrons. The van der Waals surface area contributed by atoms with E-state index < -0.39 is 10.0 Å². The molecular formula is C13H15N3O2S3. The minimum absolute atomic E-state index is 0.162. The molecule has 0 aliphatic rings. The van der Waals surface area contributed by atoms with Crippen molar-refractivity contribution in [1.82, 2.24) is 9.71 Å². The van der Waals surface area contributed by atoms with Gasteiger partial charge in [-0.25, -0.2) is 18.1 Å². The van der Waals surface area contributed by atoms with Crippen molar-refractivity contribution in [1.29, 1.82) is 0 Å². The average Bonchev–Trinajstić information content (AvgIpc) is 2.82. The first kappa shape index (κ1) is 16.0. The summed E-state index contributed by atoms with van der Waals surface area (Å²) in [5, 5.41) is 0.735. The molecule has 2 aromatic rings. The van der Waals surface area contributed by atoms with E-state index in [2.05, 4.69) is 9.71 Å². The average molecular weight is 341 g/mol. The second kappa shape index (κ2) is 6.61. The molecule has 2 rings (SSSR count). The molecule has 1 aromatic carbocycles. The summed E-state index contributed by atoms with van der Waals surface area (Å²) in [6.45, 7) is 2.12. The summed E-state index contributed by atoms with van der Waals surface area (Å²) in [6, 6.07) is 6.96. The van der Waals surface area contributed by atoms with Gasteiger partial charge < -0.3 is 5.73 Å². The second-order valence-corrected chi connectivity index (χ2v) is 8.03. The summed E-state index contributed by atoms with van der Waals surface area (Å²) in [7, 11) is -3.48. The van der Waals surface area contributed by atoms with Crippen LogP contribution in [0.5, 0.6) is 0 Å². The molecular weight excluding hydrogens is 326 g/mol. The van der Waals surface area contributed by atoms with Gasteiger partial charge in [0, 0.05) is 16.6 Å². The standard InChI is InChI=1S/C13H15N3O2S3/c1-9-6-15-12(20-9)7-16-21(17,18)8-10-4-2-3-5-11(10)13(14)19/h2-6,16H,7-8H2,1H3,(H2,14,19). The third-order valence-corrected chi connectivity index (χ3v) is 5.15. The first-order chi connectivity index (χ1) is 9.87. The fraction of sp³-hybridized carbons (Fsp3) is 0.231. The maximum atomic E-state index is 12.1. The van der Waals surface area contributed by atoms with E-state index in [1.807, 2.05) is 6.92 Å². The van der Waals surface area contributed by atoms with Crippen LogP contribution in [-0.4, -0.2) is 18.4 Å². The summed E-state index contributed by atoms with van der Waals surface area (Å²) < 4.78 is 26.8. The number of hydrogen-bond donors (Lipinski definition) is 2. The molecule has 0 aliphatic carbocycles. The van der Waals surface area contributed by atoms with Crippen molar-refractivity contribution >= 4 is 38.6 Å². The topological polar surface area (TPSA) is 85.1 Å². The highest BCUT2D eigenvalue weighted by Crippen LogP contribution is 2.14. The van der Waals surface area contributed by atoms with Gasteiger partial charge >= 0.3 is 0 Å². The number of nitrogens with zero attached hydrogens (tertiary/aromatic N) is 1. The van der Waals surface area contributed by atoms with Crippen molar-refractivity contribution < 1.29 is 8.42 Å². The van der Waals surface area contributed by atoms with Gasteiger partial charge in [-0.05, 0) is 12.5 Å². The Morgan fingerprint density at radius 1 is 1.43 bits per heavy atom. The molecule has 5 nitrogen and oxygen atoms in total. The lowest BCUT2D eigenvalue weighted by Crippen LogP contribution is -2.26. The molecule has 21 heavy (non-hydrogen) atoms. The smallest absolute Gasteiger partial charge is 0.216 e. The zero-order valence-corrected chi connectivity index (χ0v) is 13.8. The van der Waals surface area contributed by atoms with Gasteiger partial charge in [0.25, 0.3) is 0 Å². The van der Waals surface area contributed by atoms with Gasteiger partial charge in [0.2, 0.25) is 10.0 Å². The monoisotopic (exact) mass is 341 g/mol. The van der Waals surface area contributed by atoms with Crippen molar-refractivity contribution in [3.8, 4) is 0 Å². The summed E-state index contributed by atoms with van der Waals surface area (Å²) in [6.07, 6.45) is 1.72. The van der Waals surface area contributed by atoms with Gasteiger partial charge in [-0.2, -0.15) is 0 Å². The number of rotatable bonds is 6. The van der Waals surface area contributed by atoms with Crippen LogP contribution in [0.2, 0.25) is 0 Å². The predicted molar refractivity (Wildman–Crippen MR) is 88.6 cm³/mol. The number of thiocarbonyl (C=S) groups is 1. The molecule has 0 saturated heterocycles. The Balaban J connectivity index is 2.09. The van der Waals surface area contributed by atoms with E-state index in [1.165, 1.54) is 11.3 Å². The molecule has 0 aliphatic heterocycles. The van der Waals surface area contributed by atoms with Crippen LogP contribution in [0.4, 0.5) is 0 Å². The maximum Gasteiger partial charge on any atom is 0.216 e. The van der Waals surface area contributed by atoms with E-state index in [0.717, 1.165) is 9.88 Å². The zero-order chi connectivity index (χ0) is 15.5. The van der Waals surface area contributed by atoms with Gasteiger partial charge in [0.15, 0.2) is 0 Å². The van der Waals surface area contributed by atoms with E-state index >= 15 is 0 Å². The highest BCUT2D eigenvalue weighted by Gasteiger charge is 2.15. The number of nitrogens with two attached hydrogens (primary N) is 1. The van der Waals surface area contributed by atoms with Crippen molar-refractivity contribution in [2.45, 2.75) is 19.2 Å². The first-order valence-corrected chi connectivity index (χ1v) is 9.01. The largest absolute Gasteiger partial charge is 0.389 e. The minimum Gasteiger partial charge on any atom is -0.389 e. The van der Waals surface area contributed by atoms with E-state index in [0.29, 0.717) is 11.1 Å². The lowest BCUT2D eigenvalue weighted by molar-refractivity contribution is 0.580. The summed E-state index contributed by atoms with van der Waals surface area (Å²) in [5.41, 5.74) is 6.79. The van der Waals surface area contributed by atoms with Crippen molar-refractivity contribution in [3.63, 3.8) is 0 Å². The van der Waals surface area contributed by atoms with E-state index in [1.54, 1.807) is 30.5 Å². The Bertz CT molecular complexity index is 754. The molecule has 0 spiro atoms. The van der Waals surface area contributed by atoms with Crippen LogP contribution in [0.25, 0.3) is 0 Å². The second-order valence-electron chi connectivity index (χ2n) is 4.47. The van der Waals surface area contributed by atoms with Crippen LogP contribution in [-0.2, 0) is 22.3 Å². The zero-order valence-electron chi connectivity index (χ0n) is 11.4. The van der Waals surface area contributed by atoms with E-state index in [-0.39, 0.29) is 17.3 Å². The molecule has 0 saturated carbocycles.